The summed E-state index contributed by atoms with van der Waals surface area (Å²) < 4.78 is 5.48. The zero-order chi connectivity index (χ0) is 14.4. The monoisotopic (exact) mass is 269 g/mol. The molecule has 2 rings (SSSR count). The van der Waals surface area contributed by atoms with E-state index in [2.05, 4.69) is 55.6 Å². The second-order valence-electron chi connectivity index (χ2n) is 5.19. The van der Waals surface area contributed by atoms with Gasteiger partial charge in [-0.15, -0.1) is 0 Å². The summed E-state index contributed by atoms with van der Waals surface area (Å²) in [5.74, 6) is 0.925. The second kappa shape index (κ2) is 7.11. The molecule has 2 aromatic rings. The van der Waals surface area contributed by atoms with Gasteiger partial charge in [-0.3, -0.25) is 0 Å². The van der Waals surface area contributed by atoms with Gasteiger partial charge in [-0.2, -0.15) is 0 Å². The Kier molecular flexibility index (Phi) is 5.19. The van der Waals surface area contributed by atoms with Gasteiger partial charge in [0, 0.05) is 12.6 Å². The maximum atomic E-state index is 5.48. The van der Waals surface area contributed by atoms with E-state index in [0.717, 1.165) is 12.3 Å². The summed E-state index contributed by atoms with van der Waals surface area (Å²) in [4.78, 5) is 0. The molecule has 0 saturated heterocycles. The Hall–Kier alpha value is -1.80. The lowest BCUT2D eigenvalue weighted by Crippen LogP contribution is -2.21. The lowest BCUT2D eigenvalue weighted by atomic mass is 10.0. The number of nitrogens with one attached hydrogen (secondary N) is 1. The third-order valence-electron chi connectivity index (χ3n) is 3.14. The van der Waals surface area contributed by atoms with E-state index in [1.165, 1.54) is 16.7 Å². The Morgan fingerprint density at radius 2 is 1.75 bits per heavy atom. The fraction of sp³-hybridized carbons (Fsp3) is 0.333. The van der Waals surface area contributed by atoms with Gasteiger partial charge >= 0.3 is 0 Å². The van der Waals surface area contributed by atoms with Crippen molar-refractivity contribution in [3.8, 4) is 16.9 Å². The van der Waals surface area contributed by atoms with Crippen LogP contribution in [0.2, 0.25) is 0 Å². The lowest BCUT2D eigenvalue weighted by molar-refractivity contribution is 0.340. The van der Waals surface area contributed by atoms with Crippen LogP contribution in [0, 0.1) is 0 Å². The summed E-state index contributed by atoms with van der Waals surface area (Å²) in [6, 6.07) is 17.4. The van der Waals surface area contributed by atoms with Crippen LogP contribution in [0.15, 0.2) is 48.5 Å². The quantitative estimate of drug-likeness (QED) is 0.846. The maximum absolute atomic E-state index is 5.48. The molecule has 0 radical (unpaired) electrons. The van der Waals surface area contributed by atoms with Gasteiger partial charge in [-0.25, -0.2) is 0 Å². The molecule has 0 aliphatic rings. The van der Waals surface area contributed by atoms with Crippen molar-refractivity contribution in [2.45, 2.75) is 33.4 Å². The molecule has 2 aromatic carbocycles. The molecule has 0 atom stereocenters. The number of hydrogen-bond donors (Lipinski definition) is 1. The molecule has 0 heterocycles. The molecule has 2 heteroatoms. The fourth-order valence-electron chi connectivity index (χ4n) is 2.09. The summed E-state index contributed by atoms with van der Waals surface area (Å²) in [5.41, 5.74) is 3.78. The van der Waals surface area contributed by atoms with Gasteiger partial charge in [0.2, 0.25) is 0 Å². The van der Waals surface area contributed by atoms with Gasteiger partial charge in [0.05, 0.1) is 6.61 Å². The first-order chi connectivity index (χ1) is 9.69. The average Bonchev–Trinajstić information content (AvgIpc) is 2.47. The van der Waals surface area contributed by atoms with E-state index >= 15 is 0 Å². The van der Waals surface area contributed by atoms with Gasteiger partial charge in [0.15, 0.2) is 0 Å². The van der Waals surface area contributed by atoms with Crippen molar-refractivity contribution in [2.75, 3.05) is 6.61 Å². The Morgan fingerprint density at radius 1 is 1.00 bits per heavy atom. The van der Waals surface area contributed by atoms with Crippen LogP contribution in [0.25, 0.3) is 11.1 Å². The van der Waals surface area contributed by atoms with E-state index in [9.17, 15) is 0 Å². The van der Waals surface area contributed by atoms with Crippen LogP contribution in [0.5, 0.6) is 5.75 Å². The molecule has 0 bridgehead atoms. The molecule has 0 spiro atoms. The SMILES string of the molecule is CCOc1ccc(-c2cccc(CNC(C)C)c2)cc1. The van der Waals surface area contributed by atoms with E-state index in [1.54, 1.807) is 0 Å². The predicted molar refractivity (Wildman–Crippen MR) is 85.0 cm³/mol. The molecule has 0 fully saturated rings. The molecule has 2 nitrogen and oxygen atoms in total. The standard InChI is InChI=1S/C18H23NO/c1-4-20-18-10-8-16(9-11-18)17-7-5-6-15(12-17)13-19-14(2)3/h5-12,14,19H,4,13H2,1-3H3. The van der Waals surface area contributed by atoms with Crippen LogP contribution in [-0.2, 0) is 6.54 Å². The second-order valence-corrected chi connectivity index (χ2v) is 5.19. The number of benzene rings is 2. The predicted octanol–water partition coefficient (Wildman–Crippen LogP) is 4.25. The summed E-state index contributed by atoms with van der Waals surface area (Å²) >= 11 is 0. The van der Waals surface area contributed by atoms with Crippen molar-refractivity contribution in [3.05, 3.63) is 54.1 Å². The molecule has 0 amide bonds. The molecule has 20 heavy (non-hydrogen) atoms. The molecule has 0 aromatic heterocycles. The van der Waals surface area contributed by atoms with Gasteiger partial charge in [-0.1, -0.05) is 44.2 Å². The molecule has 0 unspecified atom stereocenters. The highest BCUT2D eigenvalue weighted by Gasteiger charge is 2.01. The van der Waals surface area contributed by atoms with E-state index in [4.69, 9.17) is 4.74 Å². The molecule has 0 aliphatic heterocycles. The van der Waals surface area contributed by atoms with Crippen molar-refractivity contribution in [3.63, 3.8) is 0 Å². The summed E-state index contributed by atoms with van der Waals surface area (Å²) in [6.07, 6.45) is 0. The zero-order valence-electron chi connectivity index (χ0n) is 12.5. The molecule has 0 saturated carbocycles. The van der Waals surface area contributed by atoms with Gasteiger partial charge < -0.3 is 10.1 Å². The Labute approximate surface area is 121 Å². The Balaban J connectivity index is 2.13. The van der Waals surface area contributed by atoms with E-state index < -0.39 is 0 Å². The number of hydrogen-bond acceptors (Lipinski definition) is 2. The van der Waals surface area contributed by atoms with Gasteiger partial charge in [0.1, 0.15) is 5.75 Å². The third kappa shape index (κ3) is 4.10. The van der Waals surface area contributed by atoms with E-state index in [-0.39, 0.29) is 0 Å². The highest BCUT2D eigenvalue weighted by Crippen LogP contribution is 2.23. The van der Waals surface area contributed by atoms with Crippen molar-refractivity contribution < 1.29 is 4.74 Å². The first-order valence-electron chi connectivity index (χ1n) is 7.24. The van der Waals surface area contributed by atoms with Crippen LogP contribution < -0.4 is 10.1 Å². The smallest absolute Gasteiger partial charge is 0.119 e. The van der Waals surface area contributed by atoms with Crippen LogP contribution in [0.3, 0.4) is 0 Å². The summed E-state index contributed by atoms with van der Waals surface area (Å²) in [5, 5.41) is 3.45. The fourth-order valence-corrected chi connectivity index (χ4v) is 2.09. The number of rotatable bonds is 6. The topological polar surface area (TPSA) is 21.3 Å². The van der Waals surface area contributed by atoms with Crippen LogP contribution in [0.4, 0.5) is 0 Å². The highest BCUT2D eigenvalue weighted by atomic mass is 16.5. The van der Waals surface area contributed by atoms with Crippen LogP contribution >= 0.6 is 0 Å². The Bertz CT molecular complexity index is 531. The van der Waals surface area contributed by atoms with Crippen molar-refractivity contribution >= 4 is 0 Å². The first-order valence-corrected chi connectivity index (χ1v) is 7.24. The Morgan fingerprint density at radius 3 is 2.40 bits per heavy atom. The molecular weight excluding hydrogens is 246 g/mol. The van der Waals surface area contributed by atoms with Crippen molar-refractivity contribution in [1.82, 2.24) is 5.32 Å². The minimum Gasteiger partial charge on any atom is -0.494 e. The molecule has 106 valence electrons. The maximum Gasteiger partial charge on any atom is 0.119 e. The van der Waals surface area contributed by atoms with Crippen LogP contribution in [0.1, 0.15) is 26.3 Å². The molecular formula is C18H23NO. The first kappa shape index (κ1) is 14.6. The average molecular weight is 269 g/mol. The highest BCUT2D eigenvalue weighted by molar-refractivity contribution is 5.64. The summed E-state index contributed by atoms with van der Waals surface area (Å²) in [6.45, 7) is 7.93. The summed E-state index contributed by atoms with van der Waals surface area (Å²) in [7, 11) is 0. The number of ether oxygens (including phenoxy) is 1. The van der Waals surface area contributed by atoms with Gasteiger partial charge in [0.25, 0.3) is 0 Å². The van der Waals surface area contributed by atoms with Crippen LogP contribution in [-0.4, -0.2) is 12.6 Å². The molecule has 1 N–H and O–H groups in total. The van der Waals surface area contributed by atoms with Crippen molar-refractivity contribution in [1.29, 1.82) is 0 Å². The minimum absolute atomic E-state index is 0.504. The lowest BCUT2D eigenvalue weighted by Gasteiger charge is -2.10. The minimum atomic E-state index is 0.504. The van der Waals surface area contributed by atoms with E-state index in [1.807, 2.05) is 19.1 Å². The van der Waals surface area contributed by atoms with Gasteiger partial charge in [-0.05, 0) is 41.8 Å². The third-order valence-corrected chi connectivity index (χ3v) is 3.14. The zero-order valence-corrected chi connectivity index (χ0v) is 12.5. The largest absolute Gasteiger partial charge is 0.494 e. The van der Waals surface area contributed by atoms with Crippen molar-refractivity contribution in [2.24, 2.45) is 0 Å². The normalized spacial score (nSPS) is 10.8. The van der Waals surface area contributed by atoms with E-state index in [0.29, 0.717) is 12.6 Å². The molecule has 0 aliphatic carbocycles.